The molecule has 5 nitrogen and oxygen atoms in total. The van der Waals surface area contributed by atoms with Crippen molar-refractivity contribution in [3.05, 3.63) is 0 Å². The maximum absolute atomic E-state index is 13.1. The number of ether oxygens (including phenoxy) is 1. The Bertz CT molecular complexity index is 481. The Morgan fingerprint density at radius 2 is 1.86 bits per heavy atom. The molecule has 4 fully saturated rings. The fraction of sp³-hybridized carbons (Fsp3) is 0.923. The first-order valence-corrected chi connectivity index (χ1v) is 8.13. The van der Waals surface area contributed by atoms with Crippen molar-refractivity contribution in [2.75, 3.05) is 6.61 Å². The van der Waals surface area contributed by atoms with E-state index in [0.29, 0.717) is 18.3 Å². The number of carbonyl (C=O) groups is 1. The molecule has 3 atom stereocenters. The first-order chi connectivity index (χ1) is 9.64. The second-order valence-corrected chi connectivity index (χ2v) is 8.04. The first-order valence-electron chi connectivity index (χ1n) is 7.03. The summed E-state index contributed by atoms with van der Waals surface area (Å²) in [6.45, 7) is -0.214. The standard InChI is InChI=1S/C13H18F2O5S/c14-13(15,21(18)19)10(16)20-7-11-2-8-1-9(3-11)5-12(17,4-8)6-11/h8-9,17H,1-7H2,(H,18,19). The van der Waals surface area contributed by atoms with E-state index in [0.717, 1.165) is 32.1 Å². The highest BCUT2D eigenvalue weighted by Gasteiger charge is 2.58. The Labute approximate surface area is 123 Å². The smallest absolute Gasteiger partial charge is 0.439 e. The van der Waals surface area contributed by atoms with Gasteiger partial charge in [0, 0.05) is 5.41 Å². The van der Waals surface area contributed by atoms with E-state index in [-0.39, 0.29) is 6.61 Å². The van der Waals surface area contributed by atoms with Crippen molar-refractivity contribution in [2.24, 2.45) is 17.3 Å². The molecule has 3 unspecified atom stereocenters. The van der Waals surface area contributed by atoms with Crippen LogP contribution in [-0.4, -0.2) is 37.3 Å². The average molecular weight is 324 g/mol. The van der Waals surface area contributed by atoms with Crippen molar-refractivity contribution >= 4 is 17.0 Å². The quantitative estimate of drug-likeness (QED) is 0.607. The molecule has 0 aliphatic heterocycles. The minimum Gasteiger partial charge on any atom is -0.460 e. The lowest BCUT2D eigenvalue weighted by Gasteiger charge is -2.59. The van der Waals surface area contributed by atoms with Crippen LogP contribution in [0.25, 0.3) is 0 Å². The van der Waals surface area contributed by atoms with Crippen molar-refractivity contribution in [1.29, 1.82) is 0 Å². The zero-order valence-electron chi connectivity index (χ0n) is 11.4. The molecule has 0 aromatic heterocycles. The van der Waals surface area contributed by atoms with E-state index in [1.165, 1.54) is 0 Å². The summed E-state index contributed by atoms with van der Waals surface area (Å²) >= 11 is -3.58. The molecule has 4 aliphatic rings. The van der Waals surface area contributed by atoms with E-state index in [9.17, 15) is 22.9 Å². The fourth-order valence-electron chi connectivity index (χ4n) is 4.94. The van der Waals surface area contributed by atoms with Gasteiger partial charge in [-0.1, -0.05) is 0 Å². The highest BCUT2D eigenvalue weighted by Crippen LogP contribution is 2.61. The largest absolute Gasteiger partial charge is 0.460 e. The molecule has 120 valence electrons. The Morgan fingerprint density at radius 1 is 1.29 bits per heavy atom. The molecular weight excluding hydrogens is 306 g/mol. The van der Waals surface area contributed by atoms with Gasteiger partial charge < -0.3 is 14.4 Å². The molecule has 0 aromatic carbocycles. The first kappa shape index (κ1) is 15.3. The number of halogens is 2. The summed E-state index contributed by atoms with van der Waals surface area (Å²) in [5.41, 5.74) is -1.22. The Kier molecular flexibility index (Phi) is 3.42. The summed E-state index contributed by atoms with van der Waals surface area (Å²) in [6, 6.07) is 0. The van der Waals surface area contributed by atoms with E-state index < -0.39 is 33.3 Å². The van der Waals surface area contributed by atoms with E-state index in [1.54, 1.807) is 0 Å². The molecule has 0 amide bonds. The molecule has 8 heteroatoms. The van der Waals surface area contributed by atoms with Crippen LogP contribution >= 0.6 is 0 Å². The molecule has 0 saturated heterocycles. The van der Waals surface area contributed by atoms with Crippen LogP contribution in [0.4, 0.5) is 8.78 Å². The van der Waals surface area contributed by atoms with Crippen molar-refractivity contribution in [3.8, 4) is 0 Å². The summed E-state index contributed by atoms with van der Waals surface area (Å²) in [6.07, 6.45) is 4.47. The van der Waals surface area contributed by atoms with Crippen LogP contribution in [0, 0.1) is 17.3 Å². The highest BCUT2D eigenvalue weighted by molar-refractivity contribution is 7.81. The number of carbonyl (C=O) groups excluding carboxylic acids is 1. The monoisotopic (exact) mass is 324 g/mol. The van der Waals surface area contributed by atoms with Crippen molar-refractivity contribution in [2.45, 2.75) is 49.4 Å². The topological polar surface area (TPSA) is 83.8 Å². The maximum atomic E-state index is 13.1. The zero-order valence-corrected chi connectivity index (χ0v) is 12.2. The van der Waals surface area contributed by atoms with E-state index in [4.69, 9.17) is 4.55 Å². The number of rotatable bonds is 4. The Balaban J connectivity index is 1.68. The second kappa shape index (κ2) is 4.70. The molecule has 0 heterocycles. The average Bonchev–Trinajstić information content (AvgIpc) is 2.32. The van der Waals surface area contributed by atoms with Gasteiger partial charge in [-0.3, -0.25) is 0 Å². The third-order valence-electron chi connectivity index (χ3n) is 5.12. The van der Waals surface area contributed by atoms with Gasteiger partial charge in [-0.2, -0.15) is 8.78 Å². The molecule has 21 heavy (non-hydrogen) atoms. The lowest BCUT2D eigenvalue weighted by atomic mass is 9.48. The number of aliphatic hydroxyl groups is 1. The minimum absolute atomic E-state index is 0.214. The van der Waals surface area contributed by atoms with Crippen molar-refractivity contribution < 1.29 is 32.2 Å². The van der Waals surface area contributed by atoms with E-state index in [2.05, 4.69) is 4.74 Å². The lowest BCUT2D eigenvalue weighted by Crippen LogP contribution is -2.57. The van der Waals surface area contributed by atoms with Gasteiger partial charge in [0.25, 0.3) is 0 Å². The van der Waals surface area contributed by atoms with Crippen LogP contribution in [0.5, 0.6) is 0 Å². The van der Waals surface area contributed by atoms with Crippen molar-refractivity contribution in [1.82, 2.24) is 0 Å². The molecular formula is C13H18F2O5S. The number of esters is 1. The number of alkyl halides is 2. The van der Waals surface area contributed by atoms with Gasteiger partial charge in [-0.05, 0) is 50.4 Å². The molecule has 4 rings (SSSR count). The predicted octanol–water partition coefficient (Wildman–Crippen LogP) is 1.68. The second-order valence-electron chi connectivity index (χ2n) is 7.03. The molecule has 4 aliphatic carbocycles. The third kappa shape index (κ3) is 2.61. The van der Waals surface area contributed by atoms with Crippen LogP contribution < -0.4 is 0 Å². The van der Waals surface area contributed by atoms with Gasteiger partial charge in [0.1, 0.15) is 0 Å². The predicted molar refractivity (Wildman–Crippen MR) is 68.7 cm³/mol. The molecule has 0 spiro atoms. The zero-order chi connectivity index (χ0) is 15.5. The summed E-state index contributed by atoms with van der Waals surface area (Å²) in [4.78, 5) is 11.3. The maximum Gasteiger partial charge on any atom is 0.439 e. The summed E-state index contributed by atoms with van der Waals surface area (Å²) in [5, 5.41) is 6.10. The van der Waals surface area contributed by atoms with E-state index in [1.807, 2.05) is 0 Å². The third-order valence-corrected chi connectivity index (χ3v) is 5.72. The Hall–Kier alpha value is -0.600. The van der Waals surface area contributed by atoms with Crippen LogP contribution in [0.2, 0.25) is 0 Å². The highest BCUT2D eigenvalue weighted by atomic mass is 32.2. The lowest BCUT2D eigenvalue weighted by molar-refractivity contribution is -0.193. The van der Waals surface area contributed by atoms with Crippen LogP contribution in [-0.2, 0) is 20.6 Å². The van der Waals surface area contributed by atoms with Gasteiger partial charge in [0.05, 0.1) is 12.2 Å². The molecule has 4 saturated carbocycles. The van der Waals surface area contributed by atoms with Crippen LogP contribution in [0.3, 0.4) is 0 Å². The van der Waals surface area contributed by atoms with Gasteiger partial charge in [-0.25, -0.2) is 9.00 Å². The SMILES string of the molecule is O=C(OCC12CC3CC(CC(O)(C3)C1)C2)C(F)(F)S(=O)O. The summed E-state index contributed by atoms with van der Waals surface area (Å²) < 4.78 is 49.7. The van der Waals surface area contributed by atoms with Gasteiger partial charge in [-0.15, -0.1) is 0 Å². The van der Waals surface area contributed by atoms with Crippen LogP contribution in [0.1, 0.15) is 38.5 Å². The molecule has 0 radical (unpaired) electrons. The summed E-state index contributed by atoms with van der Waals surface area (Å²) in [5.74, 6) is -1.27. The summed E-state index contributed by atoms with van der Waals surface area (Å²) in [7, 11) is 0. The number of hydrogen-bond acceptors (Lipinski definition) is 4. The molecule has 0 aromatic rings. The van der Waals surface area contributed by atoms with Gasteiger partial charge >= 0.3 is 11.2 Å². The van der Waals surface area contributed by atoms with Crippen molar-refractivity contribution in [3.63, 3.8) is 0 Å². The molecule has 2 N–H and O–H groups in total. The van der Waals surface area contributed by atoms with E-state index >= 15 is 0 Å². The van der Waals surface area contributed by atoms with Gasteiger partial charge in [0.15, 0.2) is 0 Å². The van der Waals surface area contributed by atoms with Crippen LogP contribution in [0.15, 0.2) is 0 Å². The normalized spacial score (nSPS) is 42.9. The molecule has 4 bridgehead atoms. The Morgan fingerprint density at radius 3 is 2.33 bits per heavy atom. The minimum atomic E-state index is -4.40. The fourth-order valence-corrected chi connectivity index (χ4v) is 5.15. The number of hydrogen-bond donors (Lipinski definition) is 2. The van der Waals surface area contributed by atoms with Gasteiger partial charge in [0.2, 0.25) is 11.1 Å².